The number of halogens is 1. The molecule has 3 saturated heterocycles. The van der Waals surface area contributed by atoms with Crippen molar-refractivity contribution in [1.82, 2.24) is 29.0 Å². The van der Waals surface area contributed by atoms with E-state index in [0.717, 1.165) is 49.4 Å². The van der Waals surface area contributed by atoms with Crippen LogP contribution in [0, 0.1) is 25.6 Å². The lowest BCUT2D eigenvalue weighted by molar-refractivity contribution is -0.0491. The first-order valence-electron chi connectivity index (χ1n) is 14.2. The number of piperidine rings is 1. The van der Waals surface area contributed by atoms with E-state index in [4.69, 9.17) is 0 Å². The summed E-state index contributed by atoms with van der Waals surface area (Å²) in [6.07, 6.45) is 4.52. The monoisotopic (exact) mass is 572 g/mol. The maximum Gasteiger partial charge on any atom is 0.257 e. The number of piperazine rings is 1. The van der Waals surface area contributed by atoms with Gasteiger partial charge in [0.1, 0.15) is 12.1 Å². The molecule has 1 aromatic carbocycles. The fourth-order valence-corrected chi connectivity index (χ4v) is 7.73. The first-order valence-corrected chi connectivity index (χ1v) is 16.0. The Bertz CT molecular complexity index is 1340. The van der Waals surface area contributed by atoms with Gasteiger partial charge in [0.2, 0.25) is 10.0 Å². The molecule has 9 nitrogen and oxygen atoms in total. The average molecular weight is 573 g/mol. The number of aryl methyl sites for hydroxylation is 2. The lowest BCUT2D eigenvalue weighted by Crippen LogP contribution is -2.64. The van der Waals surface area contributed by atoms with Gasteiger partial charge in [0.25, 0.3) is 5.91 Å². The summed E-state index contributed by atoms with van der Waals surface area (Å²) >= 11 is 0. The van der Waals surface area contributed by atoms with Gasteiger partial charge < -0.3 is 4.90 Å². The third-order valence-electron chi connectivity index (χ3n) is 9.35. The zero-order chi connectivity index (χ0) is 28.8. The molecule has 0 spiro atoms. The summed E-state index contributed by atoms with van der Waals surface area (Å²) in [6, 6.07) is 6.92. The number of sulfonamides is 1. The van der Waals surface area contributed by atoms with Crippen LogP contribution in [0.15, 0.2) is 30.6 Å². The molecule has 1 amide bonds. The molecule has 2 aromatic rings. The Balaban J connectivity index is 1.26. The quantitative estimate of drug-likeness (QED) is 0.526. The summed E-state index contributed by atoms with van der Waals surface area (Å²) in [5.41, 5.74) is 2.94. The summed E-state index contributed by atoms with van der Waals surface area (Å²) in [6.45, 7) is 13.1. The number of likely N-dealkylation sites (tertiary alicyclic amines) is 1. The highest BCUT2D eigenvalue weighted by molar-refractivity contribution is 7.88. The summed E-state index contributed by atoms with van der Waals surface area (Å²) in [5, 5.41) is 0. The summed E-state index contributed by atoms with van der Waals surface area (Å²) in [4.78, 5) is 28.7. The van der Waals surface area contributed by atoms with Crippen molar-refractivity contribution in [3.8, 4) is 0 Å². The van der Waals surface area contributed by atoms with Crippen molar-refractivity contribution in [2.75, 3.05) is 52.1 Å². The summed E-state index contributed by atoms with van der Waals surface area (Å²) in [7, 11) is -3.23. The molecular formula is C29H41FN6O3S. The van der Waals surface area contributed by atoms with E-state index in [1.54, 1.807) is 12.1 Å². The molecule has 0 saturated carbocycles. The largest absolute Gasteiger partial charge is 0.338 e. The van der Waals surface area contributed by atoms with Crippen LogP contribution in [0.5, 0.6) is 0 Å². The van der Waals surface area contributed by atoms with Gasteiger partial charge in [-0.05, 0) is 58.2 Å². The minimum atomic E-state index is -3.23. The maximum absolute atomic E-state index is 14.3. The third-order valence-corrected chi connectivity index (χ3v) is 10.6. The average Bonchev–Trinajstić information content (AvgIpc) is 2.85. The fourth-order valence-electron chi connectivity index (χ4n) is 6.81. The van der Waals surface area contributed by atoms with E-state index in [9.17, 15) is 17.6 Å². The number of carbonyl (C=O) groups is 1. The second-order valence-electron chi connectivity index (χ2n) is 12.1. The van der Waals surface area contributed by atoms with Gasteiger partial charge in [-0.1, -0.05) is 12.1 Å². The van der Waals surface area contributed by atoms with Crippen LogP contribution >= 0.6 is 0 Å². The molecule has 3 aliphatic rings. The van der Waals surface area contributed by atoms with Crippen molar-refractivity contribution in [2.45, 2.75) is 58.2 Å². The Hall–Kier alpha value is -2.47. The van der Waals surface area contributed by atoms with Crippen molar-refractivity contribution in [3.63, 3.8) is 0 Å². The van der Waals surface area contributed by atoms with Gasteiger partial charge in [-0.3, -0.25) is 14.6 Å². The molecule has 11 heteroatoms. The number of aromatic nitrogens is 2. The van der Waals surface area contributed by atoms with Crippen LogP contribution in [0.2, 0.25) is 0 Å². The molecule has 0 bridgehead atoms. The molecule has 2 atom stereocenters. The first kappa shape index (κ1) is 29.0. The van der Waals surface area contributed by atoms with Crippen LogP contribution < -0.4 is 0 Å². The maximum atomic E-state index is 14.3. The number of carbonyl (C=O) groups excluding carboxylic acids is 1. The van der Waals surface area contributed by atoms with Gasteiger partial charge in [0.15, 0.2) is 0 Å². The lowest BCUT2D eigenvalue weighted by Gasteiger charge is -2.55. The van der Waals surface area contributed by atoms with Crippen molar-refractivity contribution >= 4 is 15.9 Å². The normalized spacial score (nSPS) is 24.1. The van der Waals surface area contributed by atoms with Crippen LogP contribution in [0.4, 0.5) is 4.39 Å². The zero-order valence-electron chi connectivity index (χ0n) is 24.2. The van der Waals surface area contributed by atoms with E-state index in [1.807, 2.05) is 24.8 Å². The van der Waals surface area contributed by atoms with E-state index in [1.165, 1.54) is 23.0 Å². The molecule has 40 heavy (non-hydrogen) atoms. The predicted molar refractivity (Wildman–Crippen MR) is 152 cm³/mol. The van der Waals surface area contributed by atoms with E-state index in [0.29, 0.717) is 31.7 Å². The number of nitrogens with zero attached hydrogens (tertiary/aromatic N) is 6. The standard InChI is InChI=1S/C29H41FN6O3S/c1-20-16-34(29(4)9-11-33(12-10-29)28(37)26-21(2)31-19-32-22(26)3)13-14-36(20)27(23-7-6-8-25(30)15-23)24-17-35(18-24)40(5,38)39/h6-8,15,19-20,24,27H,9-14,16-18H2,1-5H3/t20-,27+/m0/s1. The second kappa shape index (κ2) is 11.1. The molecule has 1 aromatic heterocycles. The smallest absolute Gasteiger partial charge is 0.257 e. The third kappa shape index (κ3) is 5.66. The SMILES string of the molecule is Cc1ncnc(C)c1C(=O)N1CCC(C)(N2CCN([C@H](c3cccc(F)c3)C3CN(S(C)(=O)=O)C3)[C@@H](C)C2)CC1. The van der Waals surface area contributed by atoms with Gasteiger partial charge >= 0.3 is 0 Å². The number of rotatable bonds is 6. The highest BCUT2D eigenvalue weighted by Crippen LogP contribution is 2.40. The van der Waals surface area contributed by atoms with Gasteiger partial charge in [-0.2, -0.15) is 0 Å². The molecule has 4 heterocycles. The molecule has 0 radical (unpaired) electrons. The van der Waals surface area contributed by atoms with Crippen LogP contribution in [0.1, 0.15) is 60.0 Å². The van der Waals surface area contributed by atoms with Gasteiger partial charge in [-0.25, -0.2) is 27.1 Å². The van der Waals surface area contributed by atoms with Crippen LogP contribution in [-0.4, -0.2) is 107 Å². The topological polar surface area (TPSA) is 90.0 Å². The molecule has 0 unspecified atom stereocenters. The minimum absolute atomic E-state index is 0.0115. The van der Waals surface area contributed by atoms with E-state index < -0.39 is 10.0 Å². The van der Waals surface area contributed by atoms with Crippen molar-refractivity contribution in [1.29, 1.82) is 0 Å². The van der Waals surface area contributed by atoms with E-state index in [2.05, 4.69) is 33.6 Å². The molecule has 0 aliphatic carbocycles. The van der Waals surface area contributed by atoms with Crippen molar-refractivity contribution in [3.05, 3.63) is 58.9 Å². The summed E-state index contributed by atoms with van der Waals surface area (Å²) < 4.78 is 39.9. The Morgan fingerprint density at radius 2 is 1.70 bits per heavy atom. The van der Waals surface area contributed by atoms with E-state index >= 15 is 0 Å². The number of hydrogen-bond donors (Lipinski definition) is 0. The predicted octanol–water partition coefficient (Wildman–Crippen LogP) is 2.87. The highest BCUT2D eigenvalue weighted by atomic mass is 32.2. The van der Waals surface area contributed by atoms with Crippen LogP contribution in [0.3, 0.4) is 0 Å². The Labute approximate surface area is 237 Å². The minimum Gasteiger partial charge on any atom is -0.338 e. The van der Waals surface area contributed by atoms with Crippen LogP contribution in [-0.2, 0) is 10.0 Å². The van der Waals surface area contributed by atoms with E-state index in [-0.39, 0.29) is 35.3 Å². The van der Waals surface area contributed by atoms with Gasteiger partial charge in [0, 0.05) is 69.4 Å². The van der Waals surface area contributed by atoms with Crippen molar-refractivity contribution < 1.29 is 17.6 Å². The number of amides is 1. The van der Waals surface area contributed by atoms with Crippen molar-refractivity contribution in [2.24, 2.45) is 5.92 Å². The Morgan fingerprint density at radius 3 is 2.27 bits per heavy atom. The number of hydrogen-bond acceptors (Lipinski definition) is 7. The molecule has 218 valence electrons. The first-order chi connectivity index (χ1) is 18.9. The fraction of sp³-hybridized carbons (Fsp3) is 0.621. The highest BCUT2D eigenvalue weighted by Gasteiger charge is 2.46. The Morgan fingerprint density at radius 1 is 1.05 bits per heavy atom. The molecule has 3 fully saturated rings. The molecule has 5 rings (SSSR count). The van der Waals surface area contributed by atoms with Gasteiger partial charge in [0.05, 0.1) is 23.2 Å². The Kier molecular flexibility index (Phi) is 8.04. The van der Waals surface area contributed by atoms with Gasteiger partial charge in [-0.15, -0.1) is 0 Å². The molecular weight excluding hydrogens is 531 g/mol. The number of benzene rings is 1. The lowest BCUT2D eigenvalue weighted by atomic mass is 9.84. The molecule has 0 N–H and O–H groups in total. The summed E-state index contributed by atoms with van der Waals surface area (Å²) in [5.74, 6) is -0.143. The molecule has 3 aliphatic heterocycles. The zero-order valence-corrected chi connectivity index (χ0v) is 25.0. The van der Waals surface area contributed by atoms with Crippen LogP contribution in [0.25, 0.3) is 0 Å². The second-order valence-corrected chi connectivity index (χ2v) is 14.1.